The second-order valence-corrected chi connectivity index (χ2v) is 13.6. The van der Waals surface area contributed by atoms with Gasteiger partial charge >= 0.3 is 0 Å². The molecule has 4 aromatic carbocycles. The second-order valence-electron chi connectivity index (χ2n) is 11.9. The molecular weight excluding hydrogens is 677 g/mol. The van der Waals surface area contributed by atoms with Crippen molar-refractivity contribution in [3.05, 3.63) is 142 Å². The number of hydrogen-bond acceptors (Lipinski definition) is 9. The molecule has 0 fully saturated rings. The van der Waals surface area contributed by atoms with Crippen LogP contribution in [0.2, 0.25) is 0 Å². The molecule has 8 rings (SSSR count). The van der Waals surface area contributed by atoms with Crippen LogP contribution in [0, 0.1) is 13.8 Å². The Morgan fingerprint density at radius 1 is 0.529 bits per heavy atom. The van der Waals surface area contributed by atoms with Crippen molar-refractivity contribution in [3.63, 3.8) is 0 Å². The van der Waals surface area contributed by atoms with E-state index in [1.54, 1.807) is 24.3 Å². The molecule has 0 saturated heterocycles. The average Bonchev–Trinajstić information content (AvgIpc) is 3.81. The number of fused-ring (bicyclic) bond motifs is 2. The number of nitrogens with one attached hydrogen (secondary N) is 2. The van der Waals surface area contributed by atoms with E-state index in [4.69, 9.17) is 4.74 Å². The van der Waals surface area contributed by atoms with Crippen LogP contribution in [0.25, 0.3) is 44.3 Å². The van der Waals surface area contributed by atoms with Crippen LogP contribution in [0.15, 0.2) is 120 Å². The Kier molecular flexibility index (Phi) is 8.48. The summed E-state index contributed by atoms with van der Waals surface area (Å²) in [6.45, 7) is 3.85. The fourth-order valence-corrected chi connectivity index (χ4v) is 6.94. The van der Waals surface area contributed by atoms with E-state index in [0.717, 1.165) is 55.7 Å². The third-order valence-corrected chi connectivity index (χ3v) is 9.69. The molecule has 0 spiro atoms. The maximum absolute atomic E-state index is 12.9. The molecule has 0 aliphatic heterocycles. The number of benzene rings is 4. The van der Waals surface area contributed by atoms with Crippen LogP contribution in [-0.2, 0) is 0 Å². The molecule has 2 amide bonds. The van der Waals surface area contributed by atoms with Crippen molar-refractivity contribution in [2.45, 2.75) is 13.8 Å². The van der Waals surface area contributed by atoms with E-state index in [2.05, 4.69) is 30.6 Å². The first-order valence-corrected chi connectivity index (χ1v) is 17.8. The van der Waals surface area contributed by atoms with E-state index in [-0.39, 0.29) is 11.8 Å². The van der Waals surface area contributed by atoms with Gasteiger partial charge in [-0.25, -0.2) is 9.97 Å². The van der Waals surface area contributed by atoms with Gasteiger partial charge in [0.1, 0.15) is 11.5 Å². The smallest absolute Gasteiger partial charge is 0.257 e. The number of amides is 2. The summed E-state index contributed by atoms with van der Waals surface area (Å²) in [5.74, 6) is 0.881. The van der Waals surface area contributed by atoms with Gasteiger partial charge in [-0.05, 0) is 98.8 Å². The van der Waals surface area contributed by atoms with E-state index < -0.39 is 0 Å². The quantitative estimate of drug-likeness (QED) is 0.162. The highest BCUT2D eigenvalue weighted by molar-refractivity contribution is 7.14. The van der Waals surface area contributed by atoms with Crippen LogP contribution in [0.1, 0.15) is 32.1 Å². The Labute approximate surface area is 300 Å². The lowest BCUT2D eigenvalue weighted by Crippen LogP contribution is -2.11. The third-order valence-electron chi connectivity index (χ3n) is 8.17. The Hall–Kier alpha value is -6.30. The first-order chi connectivity index (χ1) is 24.8. The summed E-state index contributed by atoms with van der Waals surface area (Å²) in [4.78, 5) is 44.2. The zero-order chi connectivity index (χ0) is 34.9. The summed E-state index contributed by atoms with van der Waals surface area (Å²) in [7, 11) is 0. The number of rotatable bonds is 8. The molecule has 4 heterocycles. The van der Waals surface area contributed by atoms with Crippen LogP contribution >= 0.6 is 22.7 Å². The van der Waals surface area contributed by atoms with Crippen molar-refractivity contribution < 1.29 is 14.3 Å². The van der Waals surface area contributed by atoms with Gasteiger partial charge in [-0.2, -0.15) is 0 Å². The van der Waals surface area contributed by atoms with Crippen molar-refractivity contribution in [2.75, 3.05) is 10.6 Å². The third kappa shape index (κ3) is 7.07. The number of carbonyl (C=O) groups is 2. The van der Waals surface area contributed by atoms with Gasteiger partial charge < -0.3 is 4.74 Å². The van der Waals surface area contributed by atoms with E-state index in [9.17, 15) is 9.59 Å². The highest BCUT2D eigenvalue weighted by Crippen LogP contribution is 2.31. The second kappa shape index (κ2) is 13.5. The number of carbonyl (C=O) groups excluding carboxylic acids is 2. The number of nitrogens with zero attached hydrogens (tertiary/aromatic N) is 4. The van der Waals surface area contributed by atoms with E-state index in [1.165, 1.54) is 22.7 Å². The molecule has 0 saturated carbocycles. The lowest BCUT2D eigenvalue weighted by atomic mass is 10.1. The van der Waals surface area contributed by atoms with Crippen LogP contribution in [0.5, 0.6) is 11.5 Å². The van der Waals surface area contributed by atoms with Gasteiger partial charge in [0.05, 0.1) is 22.4 Å². The fourth-order valence-electron chi connectivity index (χ4n) is 5.51. The number of thiazole rings is 2. The Bertz CT molecular complexity index is 2400. The number of ether oxygens (including phenoxy) is 1. The lowest BCUT2D eigenvalue weighted by molar-refractivity contribution is 0.101. The fraction of sp³-hybridized carbons (Fsp3) is 0.0500. The van der Waals surface area contributed by atoms with Crippen molar-refractivity contribution in [2.24, 2.45) is 0 Å². The first-order valence-electron chi connectivity index (χ1n) is 16.0. The number of hydrogen-bond donors (Lipinski definition) is 2. The Morgan fingerprint density at radius 2 is 0.941 bits per heavy atom. The minimum Gasteiger partial charge on any atom is -0.457 e. The molecule has 0 bridgehead atoms. The first kappa shape index (κ1) is 31.9. The highest BCUT2D eigenvalue weighted by Gasteiger charge is 2.14. The molecule has 0 radical (unpaired) electrons. The molecule has 11 heteroatoms. The van der Waals surface area contributed by atoms with Gasteiger partial charge in [-0.1, -0.05) is 24.3 Å². The Morgan fingerprint density at radius 3 is 1.37 bits per heavy atom. The number of anilines is 2. The summed E-state index contributed by atoms with van der Waals surface area (Å²) in [5, 5.41) is 12.6. The minimum atomic E-state index is -0.233. The van der Waals surface area contributed by atoms with Crippen molar-refractivity contribution >= 4 is 66.6 Å². The van der Waals surface area contributed by atoms with Crippen molar-refractivity contribution in [3.8, 4) is 34.0 Å². The van der Waals surface area contributed by atoms with Gasteiger partial charge in [0, 0.05) is 55.2 Å². The summed E-state index contributed by atoms with van der Waals surface area (Å²) in [6, 6.07) is 34.1. The number of aromatic nitrogens is 4. The molecule has 9 nitrogen and oxygen atoms in total. The molecule has 2 N–H and O–H groups in total. The van der Waals surface area contributed by atoms with Crippen LogP contribution < -0.4 is 15.4 Å². The highest BCUT2D eigenvalue weighted by atomic mass is 32.1. The van der Waals surface area contributed by atoms with Crippen molar-refractivity contribution in [1.29, 1.82) is 0 Å². The summed E-state index contributed by atoms with van der Waals surface area (Å²) in [5.41, 5.74) is 7.72. The van der Waals surface area contributed by atoms with E-state index in [1.807, 2.05) is 110 Å². The molecule has 4 aromatic heterocycles. The summed E-state index contributed by atoms with van der Waals surface area (Å²) < 4.78 is 6.09. The lowest BCUT2D eigenvalue weighted by Gasteiger charge is -2.07. The van der Waals surface area contributed by atoms with Crippen LogP contribution in [0.3, 0.4) is 0 Å². The molecule has 51 heavy (non-hydrogen) atoms. The zero-order valence-electron chi connectivity index (χ0n) is 27.4. The largest absolute Gasteiger partial charge is 0.457 e. The molecule has 0 unspecified atom stereocenters. The maximum Gasteiger partial charge on any atom is 0.257 e. The summed E-state index contributed by atoms with van der Waals surface area (Å²) in [6.07, 6.45) is 0. The molecule has 248 valence electrons. The molecule has 0 atom stereocenters. The van der Waals surface area contributed by atoms with Gasteiger partial charge in [-0.15, -0.1) is 22.7 Å². The topological polar surface area (TPSA) is 119 Å². The van der Waals surface area contributed by atoms with Crippen LogP contribution in [-0.4, -0.2) is 31.8 Å². The van der Waals surface area contributed by atoms with Crippen LogP contribution in [0.4, 0.5) is 10.3 Å². The van der Waals surface area contributed by atoms with E-state index >= 15 is 0 Å². The molecular formula is C40H28N6O3S2. The zero-order valence-corrected chi connectivity index (χ0v) is 29.0. The standard InChI is InChI=1S/C40H28N6O3S2/c1-23-3-5-25-7-9-29(19-33(25)41-23)37(47)45-39-43-35(21-50-39)27-11-15-31(16-12-27)49-32-17-13-28(14-18-32)36-22-51-40(44-36)46-38(48)30-10-8-26-6-4-24(2)42-34(26)20-30/h3-22H,1-2H3,(H,43,45,47)(H,44,46,48). The van der Waals surface area contributed by atoms with Gasteiger partial charge in [0.15, 0.2) is 10.3 Å². The minimum absolute atomic E-state index is 0.233. The Balaban J connectivity index is 0.873. The molecule has 0 aliphatic rings. The maximum atomic E-state index is 12.9. The van der Waals surface area contributed by atoms with Gasteiger partial charge in [-0.3, -0.25) is 30.2 Å². The predicted molar refractivity (Wildman–Crippen MR) is 204 cm³/mol. The molecule has 0 aliphatic carbocycles. The van der Waals surface area contributed by atoms with E-state index in [0.29, 0.717) is 32.9 Å². The van der Waals surface area contributed by atoms with Gasteiger partial charge in [0.2, 0.25) is 0 Å². The SMILES string of the molecule is Cc1ccc2ccc(C(=O)Nc3nc(-c4ccc(Oc5ccc(-c6csc(NC(=O)c7ccc8ccc(C)nc8c7)n6)cc5)cc4)cs3)cc2n1. The normalized spacial score (nSPS) is 11.1. The summed E-state index contributed by atoms with van der Waals surface area (Å²) >= 11 is 2.73. The van der Waals surface area contributed by atoms with Crippen molar-refractivity contribution in [1.82, 2.24) is 19.9 Å². The average molecular weight is 705 g/mol. The predicted octanol–water partition coefficient (Wildman–Crippen LogP) is 9.94. The number of pyridine rings is 2. The molecule has 8 aromatic rings. The van der Waals surface area contributed by atoms with Gasteiger partial charge in [0.25, 0.3) is 11.8 Å². The number of aryl methyl sites for hydroxylation is 2. The monoisotopic (exact) mass is 704 g/mol.